The molecule has 2 heterocycles. The van der Waals surface area contributed by atoms with Gasteiger partial charge in [0, 0.05) is 41.9 Å². The van der Waals surface area contributed by atoms with Gasteiger partial charge >= 0.3 is 6.03 Å². The van der Waals surface area contributed by atoms with Crippen LogP contribution in [-0.2, 0) is 0 Å². The van der Waals surface area contributed by atoms with Crippen molar-refractivity contribution in [1.29, 1.82) is 0 Å². The third-order valence-electron chi connectivity index (χ3n) is 4.68. The molecular formula is C22H24N6O. The number of aryl methyl sites for hydroxylation is 1. The van der Waals surface area contributed by atoms with Gasteiger partial charge < -0.3 is 20.9 Å². The molecule has 3 N–H and O–H groups in total. The number of nitrogens with one attached hydrogen (secondary N) is 3. The Morgan fingerprint density at radius 1 is 0.862 bits per heavy atom. The van der Waals surface area contributed by atoms with Crippen LogP contribution in [0.4, 0.5) is 33.6 Å². The molecule has 1 saturated heterocycles. The van der Waals surface area contributed by atoms with Crippen LogP contribution in [-0.4, -0.2) is 29.1 Å². The van der Waals surface area contributed by atoms with Crippen molar-refractivity contribution >= 4 is 34.9 Å². The van der Waals surface area contributed by atoms with E-state index in [1.807, 2.05) is 67.6 Å². The molecule has 0 atom stereocenters. The lowest BCUT2D eigenvalue weighted by atomic mass is 10.2. The molecule has 7 heteroatoms. The molecule has 2 amide bonds. The smallest absolute Gasteiger partial charge is 0.323 e. The number of amides is 2. The molecule has 0 bridgehead atoms. The summed E-state index contributed by atoms with van der Waals surface area (Å²) in [5.41, 5.74) is 3.28. The summed E-state index contributed by atoms with van der Waals surface area (Å²) in [5, 5.41) is 8.95. The normalized spacial score (nSPS) is 13.2. The molecule has 3 aromatic rings. The molecule has 1 fully saturated rings. The van der Waals surface area contributed by atoms with Crippen LogP contribution in [0, 0.1) is 6.92 Å². The minimum Gasteiger partial charge on any atom is -0.341 e. The van der Waals surface area contributed by atoms with E-state index in [1.165, 1.54) is 12.8 Å². The van der Waals surface area contributed by atoms with Crippen LogP contribution >= 0.6 is 0 Å². The number of hydrogen-bond acceptors (Lipinski definition) is 5. The molecule has 1 aromatic heterocycles. The third kappa shape index (κ3) is 5.01. The number of nitrogens with zero attached hydrogens (tertiary/aromatic N) is 3. The van der Waals surface area contributed by atoms with Gasteiger partial charge in [-0.05, 0) is 56.2 Å². The van der Waals surface area contributed by atoms with Crippen molar-refractivity contribution in [3.8, 4) is 0 Å². The number of benzene rings is 2. The van der Waals surface area contributed by atoms with Crippen LogP contribution in [0.2, 0.25) is 0 Å². The predicted octanol–water partition coefficient (Wildman–Crippen LogP) is 4.77. The molecule has 0 spiro atoms. The highest BCUT2D eigenvalue weighted by molar-refractivity contribution is 5.99. The Hall–Kier alpha value is -3.61. The topological polar surface area (TPSA) is 82.2 Å². The summed E-state index contributed by atoms with van der Waals surface area (Å²) in [6, 6.07) is 18.5. The van der Waals surface area contributed by atoms with Gasteiger partial charge in [-0.15, -0.1) is 0 Å². The number of urea groups is 1. The number of hydrogen-bond donors (Lipinski definition) is 3. The highest BCUT2D eigenvalue weighted by atomic mass is 16.2. The Labute approximate surface area is 170 Å². The van der Waals surface area contributed by atoms with Crippen molar-refractivity contribution in [2.75, 3.05) is 33.9 Å². The Balaban J connectivity index is 1.39. The molecule has 1 aliphatic rings. The first-order valence-corrected chi connectivity index (χ1v) is 9.76. The fourth-order valence-corrected chi connectivity index (χ4v) is 3.28. The van der Waals surface area contributed by atoms with Crippen molar-refractivity contribution in [2.45, 2.75) is 19.8 Å². The first kappa shape index (κ1) is 18.7. The van der Waals surface area contributed by atoms with E-state index >= 15 is 0 Å². The maximum atomic E-state index is 12.1. The summed E-state index contributed by atoms with van der Waals surface area (Å²) < 4.78 is 0. The van der Waals surface area contributed by atoms with Crippen LogP contribution in [0.5, 0.6) is 0 Å². The standard InChI is InChI=1S/C22H24N6O/c1-16-15-20(27-21(23-16)28-13-5-6-14-28)24-18-9-11-19(12-10-18)26-22(29)25-17-7-3-2-4-8-17/h2-4,7-12,15H,5-6,13-14H2,1H3,(H,23,24,27)(H2,25,26,29). The lowest BCUT2D eigenvalue weighted by molar-refractivity contribution is 0.262. The van der Waals surface area contributed by atoms with Gasteiger partial charge in [-0.3, -0.25) is 0 Å². The van der Waals surface area contributed by atoms with E-state index in [4.69, 9.17) is 0 Å². The van der Waals surface area contributed by atoms with E-state index in [0.29, 0.717) is 5.69 Å². The molecule has 0 saturated carbocycles. The first-order chi connectivity index (χ1) is 14.2. The molecular weight excluding hydrogens is 364 g/mol. The maximum Gasteiger partial charge on any atom is 0.323 e. The van der Waals surface area contributed by atoms with Gasteiger partial charge in [0.25, 0.3) is 0 Å². The number of carbonyl (C=O) groups is 1. The Morgan fingerprint density at radius 3 is 2.17 bits per heavy atom. The monoisotopic (exact) mass is 388 g/mol. The Kier molecular flexibility index (Phi) is 5.56. The van der Waals surface area contributed by atoms with Crippen LogP contribution in [0.1, 0.15) is 18.5 Å². The molecule has 29 heavy (non-hydrogen) atoms. The number of para-hydroxylation sites is 1. The zero-order valence-electron chi connectivity index (χ0n) is 16.4. The second kappa shape index (κ2) is 8.60. The number of rotatable bonds is 5. The Morgan fingerprint density at radius 2 is 1.48 bits per heavy atom. The van der Waals surface area contributed by atoms with E-state index in [0.717, 1.165) is 41.9 Å². The molecule has 7 nitrogen and oxygen atoms in total. The van der Waals surface area contributed by atoms with Crippen molar-refractivity contribution < 1.29 is 4.79 Å². The zero-order chi connectivity index (χ0) is 20.1. The van der Waals surface area contributed by atoms with Crippen molar-refractivity contribution in [3.05, 3.63) is 66.4 Å². The summed E-state index contributed by atoms with van der Waals surface area (Å²) in [4.78, 5) is 23.5. The number of aromatic nitrogens is 2. The summed E-state index contributed by atoms with van der Waals surface area (Å²) >= 11 is 0. The molecule has 148 valence electrons. The SMILES string of the molecule is Cc1cc(Nc2ccc(NC(=O)Nc3ccccc3)cc2)nc(N2CCCC2)n1. The fourth-order valence-electron chi connectivity index (χ4n) is 3.28. The fraction of sp³-hybridized carbons (Fsp3) is 0.227. The van der Waals surface area contributed by atoms with E-state index < -0.39 is 0 Å². The zero-order valence-corrected chi connectivity index (χ0v) is 16.4. The van der Waals surface area contributed by atoms with Gasteiger partial charge in [0.2, 0.25) is 5.95 Å². The van der Waals surface area contributed by atoms with E-state index in [2.05, 4.69) is 30.8 Å². The maximum absolute atomic E-state index is 12.1. The second-order valence-corrected chi connectivity index (χ2v) is 7.04. The van der Waals surface area contributed by atoms with Gasteiger partial charge in [0.1, 0.15) is 5.82 Å². The molecule has 0 radical (unpaired) electrons. The molecule has 0 aliphatic carbocycles. The summed E-state index contributed by atoms with van der Waals surface area (Å²) in [6.07, 6.45) is 2.37. The number of carbonyl (C=O) groups excluding carboxylic acids is 1. The average Bonchev–Trinajstić information content (AvgIpc) is 3.25. The van der Waals surface area contributed by atoms with Gasteiger partial charge in [-0.2, -0.15) is 4.98 Å². The average molecular weight is 388 g/mol. The van der Waals surface area contributed by atoms with Crippen LogP contribution in [0.25, 0.3) is 0 Å². The minimum atomic E-state index is -0.279. The molecule has 0 unspecified atom stereocenters. The van der Waals surface area contributed by atoms with Crippen molar-refractivity contribution in [2.24, 2.45) is 0 Å². The summed E-state index contributed by atoms with van der Waals surface area (Å²) in [6.45, 7) is 3.99. The highest BCUT2D eigenvalue weighted by Gasteiger charge is 2.16. The first-order valence-electron chi connectivity index (χ1n) is 9.76. The van der Waals surface area contributed by atoms with E-state index in [1.54, 1.807) is 0 Å². The van der Waals surface area contributed by atoms with Crippen LogP contribution < -0.4 is 20.9 Å². The van der Waals surface area contributed by atoms with Crippen molar-refractivity contribution in [1.82, 2.24) is 9.97 Å². The largest absolute Gasteiger partial charge is 0.341 e. The molecule has 4 rings (SSSR count). The van der Waals surface area contributed by atoms with Gasteiger partial charge in [-0.1, -0.05) is 18.2 Å². The highest BCUT2D eigenvalue weighted by Crippen LogP contribution is 2.22. The number of anilines is 5. The predicted molar refractivity (Wildman–Crippen MR) is 117 cm³/mol. The van der Waals surface area contributed by atoms with E-state index in [9.17, 15) is 4.79 Å². The third-order valence-corrected chi connectivity index (χ3v) is 4.68. The van der Waals surface area contributed by atoms with Crippen LogP contribution in [0.3, 0.4) is 0 Å². The quantitative estimate of drug-likeness (QED) is 0.586. The lowest BCUT2D eigenvalue weighted by Crippen LogP contribution is -2.21. The lowest BCUT2D eigenvalue weighted by Gasteiger charge is -2.17. The van der Waals surface area contributed by atoms with E-state index in [-0.39, 0.29) is 6.03 Å². The Bertz CT molecular complexity index is 968. The molecule has 2 aromatic carbocycles. The summed E-state index contributed by atoms with van der Waals surface area (Å²) in [5.74, 6) is 1.54. The minimum absolute atomic E-state index is 0.279. The van der Waals surface area contributed by atoms with Gasteiger partial charge in [-0.25, -0.2) is 9.78 Å². The van der Waals surface area contributed by atoms with Gasteiger partial charge in [0.05, 0.1) is 0 Å². The van der Waals surface area contributed by atoms with Gasteiger partial charge in [0.15, 0.2) is 0 Å². The van der Waals surface area contributed by atoms with Crippen LogP contribution in [0.15, 0.2) is 60.7 Å². The van der Waals surface area contributed by atoms with Crippen molar-refractivity contribution in [3.63, 3.8) is 0 Å². The molecule has 1 aliphatic heterocycles. The summed E-state index contributed by atoms with van der Waals surface area (Å²) in [7, 11) is 0. The second-order valence-electron chi connectivity index (χ2n) is 7.04.